The number of esters is 1. The molecule has 0 atom stereocenters. The summed E-state index contributed by atoms with van der Waals surface area (Å²) in [6.07, 6.45) is -0.127. The molecule has 0 unspecified atom stereocenters. The van der Waals surface area contributed by atoms with Crippen molar-refractivity contribution in [3.63, 3.8) is 0 Å². The van der Waals surface area contributed by atoms with Crippen molar-refractivity contribution in [2.45, 2.75) is 19.5 Å². The molecule has 7 nitrogen and oxygen atoms in total. The molecule has 0 radical (unpaired) electrons. The number of halogens is 4. The minimum atomic E-state index is -4.62. The maximum absolute atomic E-state index is 12.9. The molecule has 1 heterocycles. The number of hydrogen-bond donors (Lipinski definition) is 0. The van der Waals surface area contributed by atoms with Gasteiger partial charge >= 0.3 is 12.1 Å². The van der Waals surface area contributed by atoms with Crippen LogP contribution in [-0.4, -0.2) is 44.6 Å². The predicted molar refractivity (Wildman–Crippen MR) is 116 cm³/mol. The van der Waals surface area contributed by atoms with Crippen molar-refractivity contribution < 1.29 is 40.6 Å². The molecule has 0 bridgehead atoms. The first-order valence-electron chi connectivity index (χ1n) is 9.59. The summed E-state index contributed by atoms with van der Waals surface area (Å²) in [6, 6.07) is 5.19. The average molecular weight is 508 g/mol. The van der Waals surface area contributed by atoms with E-state index in [2.05, 4.69) is 4.98 Å². The summed E-state index contributed by atoms with van der Waals surface area (Å²) < 4.78 is 77.0. The van der Waals surface area contributed by atoms with Crippen molar-refractivity contribution in [2.75, 3.05) is 25.2 Å². The summed E-state index contributed by atoms with van der Waals surface area (Å²) in [7, 11) is -3.13. The molecule has 0 N–H and O–H groups in total. The molecule has 0 spiro atoms. The highest BCUT2D eigenvalue weighted by Gasteiger charge is 2.32. The molecule has 0 fully saturated rings. The summed E-state index contributed by atoms with van der Waals surface area (Å²) in [5.74, 6) is -0.554. The Balaban J connectivity index is 2.29. The first-order valence-corrected chi connectivity index (χ1v) is 12.0. The predicted octanol–water partition coefficient (Wildman–Crippen LogP) is 4.94. The lowest BCUT2D eigenvalue weighted by atomic mass is 10.1. The minimum Gasteiger partial charge on any atom is -0.493 e. The number of benzene rings is 1. The Hall–Kier alpha value is -2.79. The quantitative estimate of drug-likeness (QED) is 0.255. The Morgan fingerprint density at radius 2 is 1.97 bits per heavy atom. The smallest absolute Gasteiger partial charge is 0.417 e. The van der Waals surface area contributed by atoms with Crippen LogP contribution >= 0.6 is 11.6 Å². The summed E-state index contributed by atoms with van der Waals surface area (Å²) in [5.41, 5.74) is -0.672. The zero-order valence-corrected chi connectivity index (χ0v) is 19.3. The van der Waals surface area contributed by atoms with Gasteiger partial charge in [-0.25, -0.2) is 18.2 Å². The van der Waals surface area contributed by atoms with Crippen molar-refractivity contribution in [1.82, 2.24) is 4.98 Å². The van der Waals surface area contributed by atoms with Gasteiger partial charge in [0.05, 0.1) is 24.5 Å². The van der Waals surface area contributed by atoms with Crippen LogP contribution in [-0.2, 0) is 25.5 Å². The third-order valence-corrected chi connectivity index (χ3v) is 5.24. The molecule has 33 heavy (non-hydrogen) atoms. The average Bonchev–Trinajstić information content (AvgIpc) is 2.71. The van der Waals surface area contributed by atoms with E-state index in [0.29, 0.717) is 23.6 Å². The standard InChI is InChI=1S/C21H21ClF3NO6S/c1-3-30-19(27)8-6-14-5-7-16(31-9-4-10-33(2,28)29)12-18(14)32-20-17(22)11-15(13-26-20)21(23,24)25/h5-8,11-13H,3-4,9-10H2,1-2H3. The molecule has 2 rings (SSSR count). The van der Waals surface area contributed by atoms with Crippen molar-refractivity contribution in [3.05, 3.63) is 52.7 Å². The van der Waals surface area contributed by atoms with E-state index in [1.54, 1.807) is 13.0 Å². The number of sulfone groups is 1. The van der Waals surface area contributed by atoms with Crippen LogP contribution in [0.4, 0.5) is 13.2 Å². The molecular weight excluding hydrogens is 487 g/mol. The van der Waals surface area contributed by atoms with E-state index in [1.165, 1.54) is 18.2 Å². The van der Waals surface area contributed by atoms with Gasteiger partial charge in [0.2, 0.25) is 5.88 Å². The number of rotatable bonds is 10. The second-order valence-electron chi connectivity index (χ2n) is 6.73. The molecule has 1 aromatic heterocycles. The van der Waals surface area contributed by atoms with Gasteiger partial charge in [-0.2, -0.15) is 13.2 Å². The van der Waals surface area contributed by atoms with Crippen LogP contribution in [0.3, 0.4) is 0 Å². The van der Waals surface area contributed by atoms with Crippen LogP contribution in [0.25, 0.3) is 6.08 Å². The van der Waals surface area contributed by atoms with Gasteiger partial charge in [-0.05, 0) is 37.6 Å². The first-order chi connectivity index (χ1) is 15.4. The molecule has 180 valence electrons. The number of carbonyl (C=O) groups excluding carboxylic acids is 1. The maximum Gasteiger partial charge on any atom is 0.417 e. The van der Waals surface area contributed by atoms with Crippen LogP contribution in [0.1, 0.15) is 24.5 Å². The molecule has 1 aromatic carbocycles. The van der Waals surface area contributed by atoms with E-state index in [4.69, 9.17) is 25.8 Å². The van der Waals surface area contributed by atoms with E-state index in [9.17, 15) is 26.4 Å². The van der Waals surface area contributed by atoms with Gasteiger partial charge in [0, 0.05) is 30.2 Å². The van der Waals surface area contributed by atoms with Gasteiger partial charge in [-0.15, -0.1) is 0 Å². The molecule has 2 aromatic rings. The number of ether oxygens (including phenoxy) is 3. The van der Waals surface area contributed by atoms with E-state index >= 15 is 0 Å². The molecule has 0 saturated heterocycles. The highest BCUT2D eigenvalue weighted by molar-refractivity contribution is 7.90. The van der Waals surface area contributed by atoms with Crippen LogP contribution < -0.4 is 9.47 Å². The topological polar surface area (TPSA) is 91.8 Å². The highest BCUT2D eigenvalue weighted by atomic mass is 35.5. The van der Waals surface area contributed by atoms with Gasteiger partial charge in [0.15, 0.2) is 0 Å². The Morgan fingerprint density at radius 1 is 1.24 bits per heavy atom. The number of carbonyl (C=O) groups is 1. The fourth-order valence-corrected chi connectivity index (χ4v) is 3.30. The van der Waals surface area contributed by atoms with Crippen molar-refractivity contribution in [1.29, 1.82) is 0 Å². The van der Waals surface area contributed by atoms with Gasteiger partial charge < -0.3 is 14.2 Å². The highest BCUT2D eigenvalue weighted by Crippen LogP contribution is 2.36. The number of hydrogen-bond acceptors (Lipinski definition) is 7. The van der Waals surface area contributed by atoms with Crippen LogP contribution in [0.15, 0.2) is 36.5 Å². The zero-order valence-electron chi connectivity index (χ0n) is 17.7. The van der Waals surface area contributed by atoms with Crippen molar-refractivity contribution in [3.8, 4) is 17.4 Å². The fraction of sp³-hybridized carbons (Fsp3) is 0.333. The summed E-state index contributed by atoms with van der Waals surface area (Å²) in [6.45, 7) is 1.93. The second-order valence-corrected chi connectivity index (χ2v) is 9.39. The maximum atomic E-state index is 12.9. The number of nitrogens with zero attached hydrogens (tertiary/aromatic N) is 1. The Morgan fingerprint density at radius 3 is 2.58 bits per heavy atom. The number of alkyl halides is 3. The van der Waals surface area contributed by atoms with Crippen molar-refractivity contribution in [2.24, 2.45) is 0 Å². The van der Waals surface area contributed by atoms with Gasteiger partial charge in [-0.3, -0.25) is 0 Å². The monoisotopic (exact) mass is 507 g/mol. The molecule has 0 saturated carbocycles. The fourth-order valence-electron chi connectivity index (χ4n) is 2.45. The van der Waals surface area contributed by atoms with Crippen LogP contribution in [0, 0.1) is 0 Å². The van der Waals surface area contributed by atoms with Crippen LogP contribution in [0.5, 0.6) is 17.4 Å². The summed E-state index contributed by atoms with van der Waals surface area (Å²) in [5, 5.41) is -0.371. The van der Waals surface area contributed by atoms with Crippen LogP contribution in [0.2, 0.25) is 5.02 Å². The molecule has 0 aliphatic heterocycles. The number of aromatic nitrogens is 1. The Bertz CT molecular complexity index is 1120. The second kappa shape index (κ2) is 11.4. The zero-order chi connectivity index (χ0) is 24.6. The summed E-state index contributed by atoms with van der Waals surface area (Å²) >= 11 is 5.92. The van der Waals surface area contributed by atoms with Crippen molar-refractivity contribution >= 4 is 33.5 Å². The molecule has 12 heteroatoms. The van der Waals surface area contributed by atoms with E-state index < -0.39 is 27.5 Å². The van der Waals surface area contributed by atoms with Gasteiger partial charge in [0.25, 0.3) is 0 Å². The summed E-state index contributed by atoms with van der Waals surface area (Å²) in [4.78, 5) is 15.3. The molecule has 0 amide bonds. The van der Waals surface area contributed by atoms with E-state index in [0.717, 1.165) is 12.3 Å². The lowest BCUT2D eigenvalue weighted by Gasteiger charge is -2.13. The molecule has 0 aliphatic rings. The third-order valence-electron chi connectivity index (χ3n) is 3.94. The molecular formula is C21H21ClF3NO6S. The Labute approximate surface area is 194 Å². The van der Waals surface area contributed by atoms with E-state index in [1.807, 2.05) is 0 Å². The Kier molecular flexibility index (Phi) is 9.12. The normalized spacial score (nSPS) is 12.1. The van der Waals surface area contributed by atoms with E-state index in [-0.39, 0.29) is 42.0 Å². The third kappa shape index (κ3) is 8.93. The largest absolute Gasteiger partial charge is 0.493 e. The lowest BCUT2D eigenvalue weighted by Crippen LogP contribution is -2.08. The SMILES string of the molecule is CCOC(=O)C=Cc1ccc(OCCCS(C)(=O)=O)cc1Oc1ncc(C(F)(F)F)cc1Cl. The molecule has 0 aliphatic carbocycles. The first kappa shape index (κ1) is 26.5. The minimum absolute atomic E-state index is 0.0538. The van der Waals surface area contributed by atoms with Gasteiger partial charge in [-0.1, -0.05) is 11.6 Å². The van der Waals surface area contributed by atoms with Gasteiger partial charge in [0.1, 0.15) is 26.4 Å². The number of pyridine rings is 1. The lowest BCUT2D eigenvalue weighted by molar-refractivity contribution is -0.138.